The number of aromatic nitrogens is 1. The predicted octanol–water partition coefficient (Wildman–Crippen LogP) is 4.08. The molecule has 0 aliphatic rings. The van der Waals surface area contributed by atoms with Gasteiger partial charge in [0.1, 0.15) is 6.04 Å². The highest BCUT2D eigenvalue weighted by atomic mass is 32.1. The summed E-state index contributed by atoms with van der Waals surface area (Å²) in [6.07, 6.45) is 1.93. The Morgan fingerprint density at radius 3 is 2.66 bits per heavy atom. The van der Waals surface area contributed by atoms with Crippen molar-refractivity contribution < 1.29 is 18.4 Å². The summed E-state index contributed by atoms with van der Waals surface area (Å²) in [7, 11) is 0. The van der Waals surface area contributed by atoms with Crippen LogP contribution in [-0.4, -0.2) is 22.8 Å². The van der Waals surface area contributed by atoms with E-state index in [1.54, 1.807) is 31.3 Å². The molecular weight excluding hydrogens is 396 g/mol. The van der Waals surface area contributed by atoms with Crippen LogP contribution in [0.15, 0.2) is 48.7 Å². The third-order valence-corrected chi connectivity index (χ3v) is 5.08. The number of rotatable bonds is 6. The average molecular weight is 415 g/mol. The monoisotopic (exact) mass is 415 g/mol. The molecule has 0 fully saturated rings. The van der Waals surface area contributed by atoms with Gasteiger partial charge in [-0.3, -0.25) is 9.59 Å². The minimum absolute atomic E-state index is 0.338. The molecule has 0 bridgehead atoms. The van der Waals surface area contributed by atoms with Gasteiger partial charge in [-0.2, -0.15) is 0 Å². The molecule has 1 unspecified atom stereocenters. The van der Waals surface area contributed by atoms with E-state index >= 15 is 0 Å². The third kappa shape index (κ3) is 5.45. The first kappa shape index (κ1) is 20.6. The maximum absolute atomic E-state index is 13.3. The first-order valence-corrected chi connectivity index (χ1v) is 9.70. The summed E-state index contributed by atoms with van der Waals surface area (Å²) in [6, 6.07) is 10.0. The van der Waals surface area contributed by atoms with Gasteiger partial charge in [0.25, 0.3) is 5.91 Å². The summed E-state index contributed by atoms with van der Waals surface area (Å²) >= 11 is 1.23. The van der Waals surface area contributed by atoms with Crippen molar-refractivity contribution in [3.63, 3.8) is 0 Å². The molecule has 5 nitrogen and oxygen atoms in total. The zero-order chi connectivity index (χ0) is 21.0. The lowest BCUT2D eigenvalue weighted by Gasteiger charge is -2.13. The number of thiazole rings is 1. The van der Waals surface area contributed by atoms with Crippen LogP contribution in [0.2, 0.25) is 0 Å². The Hall–Kier alpha value is -3.13. The molecule has 2 amide bonds. The van der Waals surface area contributed by atoms with Gasteiger partial charge in [-0.1, -0.05) is 23.8 Å². The highest BCUT2D eigenvalue weighted by Crippen LogP contribution is 2.22. The lowest BCUT2D eigenvalue weighted by atomic mass is 10.1. The molecule has 1 heterocycles. The molecule has 29 heavy (non-hydrogen) atoms. The number of aryl methyl sites for hydroxylation is 1. The number of carbonyl (C=O) groups is 2. The zero-order valence-electron chi connectivity index (χ0n) is 15.8. The van der Waals surface area contributed by atoms with Crippen molar-refractivity contribution in [2.45, 2.75) is 26.3 Å². The fourth-order valence-electron chi connectivity index (χ4n) is 2.64. The Kier molecular flexibility index (Phi) is 6.33. The van der Waals surface area contributed by atoms with Crippen molar-refractivity contribution in [3.8, 4) is 0 Å². The minimum atomic E-state index is -0.904. The molecule has 0 saturated heterocycles. The SMILES string of the molecule is Cc1cccc(C(=O)NC(C)C(=O)Nc2ncc(Cc3ccc(F)c(F)c3)s2)c1. The van der Waals surface area contributed by atoms with E-state index < -0.39 is 23.6 Å². The van der Waals surface area contributed by atoms with E-state index in [4.69, 9.17) is 0 Å². The number of halogens is 2. The minimum Gasteiger partial charge on any atom is -0.341 e. The van der Waals surface area contributed by atoms with Gasteiger partial charge in [0.2, 0.25) is 5.91 Å². The van der Waals surface area contributed by atoms with Crippen LogP contribution in [-0.2, 0) is 11.2 Å². The number of amides is 2. The lowest BCUT2D eigenvalue weighted by Crippen LogP contribution is -2.41. The van der Waals surface area contributed by atoms with Gasteiger partial charge in [-0.15, -0.1) is 11.3 Å². The molecule has 2 aromatic carbocycles. The van der Waals surface area contributed by atoms with E-state index in [1.165, 1.54) is 17.4 Å². The van der Waals surface area contributed by atoms with E-state index in [9.17, 15) is 18.4 Å². The van der Waals surface area contributed by atoms with Gasteiger partial charge in [0.05, 0.1) is 0 Å². The summed E-state index contributed by atoms with van der Waals surface area (Å²) in [5.74, 6) is -2.54. The third-order valence-electron chi connectivity index (χ3n) is 4.17. The number of anilines is 1. The highest BCUT2D eigenvalue weighted by Gasteiger charge is 2.18. The van der Waals surface area contributed by atoms with E-state index in [-0.39, 0.29) is 5.91 Å². The summed E-state index contributed by atoms with van der Waals surface area (Å²) in [5, 5.41) is 5.67. The Labute approximate surface area is 170 Å². The molecule has 8 heteroatoms. The van der Waals surface area contributed by atoms with Crippen LogP contribution in [0.4, 0.5) is 13.9 Å². The first-order chi connectivity index (χ1) is 13.8. The molecule has 0 radical (unpaired) electrons. The van der Waals surface area contributed by atoms with Crippen LogP contribution in [0.25, 0.3) is 0 Å². The van der Waals surface area contributed by atoms with Crippen LogP contribution < -0.4 is 10.6 Å². The second-order valence-corrected chi connectivity index (χ2v) is 7.73. The standard InChI is InChI=1S/C21H19F2N3O2S/c1-12-4-3-5-15(8-12)20(28)25-13(2)19(27)26-21-24-11-16(29-21)9-14-6-7-17(22)18(23)10-14/h3-8,10-11,13H,9H2,1-2H3,(H,25,28)(H,24,26,27). The summed E-state index contributed by atoms with van der Waals surface area (Å²) in [5.41, 5.74) is 2.03. The maximum atomic E-state index is 13.3. The molecule has 0 saturated carbocycles. The van der Waals surface area contributed by atoms with Gasteiger partial charge < -0.3 is 10.6 Å². The molecule has 0 spiro atoms. The summed E-state index contributed by atoms with van der Waals surface area (Å²) in [4.78, 5) is 29.5. The zero-order valence-corrected chi connectivity index (χ0v) is 16.6. The van der Waals surface area contributed by atoms with Crippen LogP contribution >= 0.6 is 11.3 Å². The Morgan fingerprint density at radius 2 is 1.93 bits per heavy atom. The topological polar surface area (TPSA) is 71.1 Å². The predicted molar refractivity (Wildman–Crippen MR) is 108 cm³/mol. The van der Waals surface area contributed by atoms with Gasteiger partial charge in [-0.25, -0.2) is 13.8 Å². The number of nitrogens with one attached hydrogen (secondary N) is 2. The van der Waals surface area contributed by atoms with E-state index in [0.29, 0.717) is 22.7 Å². The largest absolute Gasteiger partial charge is 0.341 e. The van der Waals surface area contributed by atoms with Crippen molar-refractivity contribution in [1.82, 2.24) is 10.3 Å². The summed E-state index contributed by atoms with van der Waals surface area (Å²) in [6.45, 7) is 3.46. The maximum Gasteiger partial charge on any atom is 0.251 e. The molecule has 2 N–H and O–H groups in total. The number of carbonyl (C=O) groups excluding carboxylic acids is 2. The van der Waals surface area contributed by atoms with Crippen LogP contribution in [0.3, 0.4) is 0 Å². The van der Waals surface area contributed by atoms with Gasteiger partial charge >= 0.3 is 0 Å². The Balaban J connectivity index is 1.57. The van der Waals surface area contributed by atoms with E-state index in [2.05, 4.69) is 15.6 Å². The van der Waals surface area contributed by atoms with Crippen molar-refractivity contribution >= 4 is 28.3 Å². The van der Waals surface area contributed by atoms with Crippen LogP contribution in [0, 0.1) is 18.6 Å². The van der Waals surface area contributed by atoms with Gasteiger partial charge in [0.15, 0.2) is 16.8 Å². The molecule has 0 aliphatic heterocycles. The molecule has 150 valence electrons. The Morgan fingerprint density at radius 1 is 1.14 bits per heavy atom. The second kappa shape index (κ2) is 8.91. The van der Waals surface area contributed by atoms with Gasteiger partial charge in [-0.05, 0) is 43.7 Å². The fourth-order valence-corrected chi connectivity index (χ4v) is 3.49. The molecule has 0 aliphatic carbocycles. The van der Waals surface area contributed by atoms with Gasteiger partial charge in [0, 0.05) is 23.1 Å². The van der Waals surface area contributed by atoms with Crippen molar-refractivity contribution in [1.29, 1.82) is 0 Å². The number of hydrogen-bond acceptors (Lipinski definition) is 4. The number of hydrogen-bond donors (Lipinski definition) is 2. The normalized spacial score (nSPS) is 11.7. The molecule has 1 atom stereocenters. The van der Waals surface area contributed by atoms with Crippen LogP contribution in [0.1, 0.15) is 33.3 Å². The molecular formula is C21H19F2N3O2S. The smallest absolute Gasteiger partial charge is 0.251 e. The number of nitrogens with zero attached hydrogens (tertiary/aromatic N) is 1. The average Bonchev–Trinajstić information content (AvgIpc) is 3.11. The quantitative estimate of drug-likeness (QED) is 0.637. The molecule has 3 aromatic rings. The van der Waals surface area contributed by atoms with Crippen LogP contribution in [0.5, 0.6) is 0 Å². The first-order valence-electron chi connectivity index (χ1n) is 8.89. The van der Waals surface area contributed by atoms with Crippen molar-refractivity contribution in [3.05, 3.63) is 81.9 Å². The number of benzene rings is 2. The molecule has 1 aromatic heterocycles. The summed E-state index contributed by atoms with van der Waals surface area (Å²) < 4.78 is 26.3. The lowest BCUT2D eigenvalue weighted by molar-refractivity contribution is -0.117. The highest BCUT2D eigenvalue weighted by molar-refractivity contribution is 7.15. The van der Waals surface area contributed by atoms with Crippen molar-refractivity contribution in [2.75, 3.05) is 5.32 Å². The molecule has 3 rings (SSSR count). The van der Waals surface area contributed by atoms with E-state index in [0.717, 1.165) is 22.6 Å². The van der Waals surface area contributed by atoms with E-state index in [1.807, 2.05) is 13.0 Å². The second-order valence-electron chi connectivity index (χ2n) is 6.61. The fraction of sp³-hybridized carbons (Fsp3) is 0.190. The Bertz CT molecular complexity index is 1050. The van der Waals surface area contributed by atoms with Crippen molar-refractivity contribution in [2.24, 2.45) is 0 Å².